The van der Waals surface area contributed by atoms with E-state index in [0.29, 0.717) is 22.8 Å². The molecule has 0 saturated carbocycles. The Kier molecular flexibility index (Phi) is 3.62. The summed E-state index contributed by atoms with van der Waals surface area (Å²) in [6.07, 6.45) is 1.39. The summed E-state index contributed by atoms with van der Waals surface area (Å²) in [6, 6.07) is 7.13. The molecular formula is C12H12ClN3O2. The Bertz CT molecular complexity index is 580. The third-order valence-electron chi connectivity index (χ3n) is 2.53. The van der Waals surface area contributed by atoms with Crippen LogP contribution in [0, 0.1) is 0 Å². The van der Waals surface area contributed by atoms with E-state index < -0.39 is 5.97 Å². The van der Waals surface area contributed by atoms with Crippen molar-refractivity contribution in [2.24, 2.45) is 0 Å². The second-order valence-corrected chi connectivity index (χ2v) is 4.21. The number of hydrogen-bond acceptors (Lipinski definition) is 3. The molecule has 0 fully saturated rings. The monoisotopic (exact) mass is 265 g/mol. The fraction of sp³-hybridized carbons (Fsp3) is 0.250. The van der Waals surface area contributed by atoms with Gasteiger partial charge in [0.15, 0.2) is 5.69 Å². The lowest BCUT2D eigenvalue weighted by atomic mass is 10.2. The lowest BCUT2D eigenvalue weighted by Gasteiger charge is -2.07. The number of benzene rings is 1. The number of halogens is 1. The number of aromatic nitrogens is 3. The highest BCUT2D eigenvalue weighted by molar-refractivity contribution is 6.32. The van der Waals surface area contributed by atoms with Crippen LogP contribution in [0.2, 0.25) is 5.02 Å². The number of para-hydroxylation sites is 1. The fourth-order valence-electron chi connectivity index (χ4n) is 1.75. The number of nitrogens with zero attached hydrogens (tertiary/aromatic N) is 3. The van der Waals surface area contributed by atoms with Crippen LogP contribution in [0.3, 0.4) is 0 Å². The normalized spacial score (nSPS) is 10.6. The molecule has 0 atom stereocenters. The lowest BCUT2D eigenvalue weighted by Crippen LogP contribution is -2.07. The third kappa shape index (κ3) is 2.22. The molecule has 6 heteroatoms. The summed E-state index contributed by atoms with van der Waals surface area (Å²) in [7, 11) is 0. The molecule has 0 aliphatic rings. The van der Waals surface area contributed by atoms with E-state index in [-0.39, 0.29) is 5.69 Å². The van der Waals surface area contributed by atoms with Crippen molar-refractivity contribution in [2.75, 3.05) is 0 Å². The minimum Gasteiger partial charge on any atom is -0.476 e. The standard InChI is InChI=1S/C12H12ClN3O2/c1-2-5-10-11(12(17)18)14-15-16(10)9-7-4-3-6-8(9)13/h3-4,6-7H,2,5H2,1H3,(H,17,18). The van der Waals surface area contributed by atoms with Gasteiger partial charge in [-0.2, -0.15) is 0 Å². The van der Waals surface area contributed by atoms with Crippen molar-refractivity contribution in [3.8, 4) is 5.69 Å². The largest absolute Gasteiger partial charge is 0.476 e. The molecule has 1 N–H and O–H groups in total. The first-order valence-electron chi connectivity index (χ1n) is 5.58. The SMILES string of the molecule is CCCc1c(C(=O)O)nnn1-c1ccccc1Cl. The van der Waals surface area contributed by atoms with Crippen molar-refractivity contribution in [3.63, 3.8) is 0 Å². The van der Waals surface area contributed by atoms with Crippen molar-refractivity contribution >= 4 is 17.6 Å². The van der Waals surface area contributed by atoms with Crippen molar-refractivity contribution < 1.29 is 9.90 Å². The molecule has 0 unspecified atom stereocenters. The summed E-state index contributed by atoms with van der Waals surface area (Å²) in [6.45, 7) is 1.97. The molecule has 0 bridgehead atoms. The van der Waals surface area contributed by atoms with Crippen LogP contribution < -0.4 is 0 Å². The Balaban J connectivity index is 2.58. The van der Waals surface area contributed by atoms with Gasteiger partial charge >= 0.3 is 5.97 Å². The van der Waals surface area contributed by atoms with Crippen molar-refractivity contribution in [1.29, 1.82) is 0 Å². The zero-order valence-electron chi connectivity index (χ0n) is 9.80. The minimum absolute atomic E-state index is 0.0169. The van der Waals surface area contributed by atoms with Gasteiger partial charge in [0.1, 0.15) is 0 Å². The Morgan fingerprint density at radius 2 is 2.17 bits per heavy atom. The van der Waals surface area contributed by atoms with Gasteiger partial charge in [0.25, 0.3) is 0 Å². The van der Waals surface area contributed by atoms with Gasteiger partial charge in [0.2, 0.25) is 0 Å². The predicted molar refractivity (Wildman–Crippen MR) is 67.3 cm³/mol. The molecular weight excluding hydrogens is 254 g/mol. The molecule has 94 valence electrons. The highest BCUT2D eigenvalue weighted by Crippen LogP contribution is 2.22. The highest BCUT2D eigenvalue weighted by Gasteiger charge is 2.19. The average Bonchev–Trinajstić information content (AvgIpc) is 2.74. The molecule has 5 nitrogen and oxygen atoms in total. The summed E-state index contributed by atoms with van der Waals surface area (Å²) in [5, 5.41) is 17.2. The zero-order valence-corrected chi connectivity index (χ0v) is 10.6. The van der Waals surface area contributed by atoms with Gasteiger partial charge in [-0.25, -0.2) is 9.48 Å². The molecule has 1 aromatic carbocycles. The van der Waals surface area contributed by atoms with Crippen LogP contribution >= 0.6 is 11.6 Å². The van der Waals surface area contributed by atoms with Gasteiger partial charge in [0, 0.05) is 0 Å². The smallest absolute Gasteiger partial charge is 0.358 e. The molecule has 0 aliphatic carbocycles. The topological polar surface area (TPSA) is 68.0 Å². The molecule has 0 radical (unpaired) electrons. The van der Waals surface area contributed by atoms with Gasteiger partial charge in [-0.3, -0.25) is 0 Å². The van der Waals surface area contributed by atoms with E-state index in [1.807, 2.05) is 13.0 Å². The van der Waals surface area contributed by atoms with E-state index >= 15 is 0 Å². The fourth-order valence-corrected chi connectivity index (χ4v) is 1.96. The van der Waals surface area contributed by atoms with Crippen LogP contribution in [0.15, 0.2) is 24.3 Å². The van der Waals surface area contributed by atoms with E-state index in [2.05, 4.69) is 10.3 Å². The first-order chi connectivity index (χ1) is 8.65. The average molecular weight is 266 g/mol. The van der Waals surface area contributed by atoms with Gasteiger partial charge in [0.05, 0.1) is 16.4 Å². The summed E-state index contributed by atoms with van der Waals surface area (Å²) < 4.78 is 1.50. The summed E-state index contributed by atoms with van der Waals surface area (Å²) in [5.74, 6) is -1.07. The van der Waals surface area contributed by atoms with E-state index in [1.54, 1.807) is 18.2 Å². The molecule has 18 heavy (non-hydrogen) atoms. The number of hydrogen-bond donors (Lipinski definition) is 1. The summed E-state index contributed by atoms with van der Waals surface area (Å²) in [4.78, 5) is 11.1. The Morgan fingerprint density at radius 3 is 2.78 bits per heavy atom. The van der Waals surface area contributed by atoms with Gasteiger partial charge in [-0.1, -0.05) is 42.3 Å². The predicted octanol–water partition coefficient (Wildman–Crippen LogP) is 2.57. The van der Waals surface area contributed by atoms with Crippen LogP contribution in [-0.4, -0.2) is 26.1 Å². The number of carboxylic acid groups (broad SMARTS) is 1. The second-order valence-electron chi connectivity index (χ2n) is 3.80. The molecule has 2 rings (SSSR count). The quantitative estimate of drug-likeness (QED) is 0.922. The van der Waals surface area contributed by atoms with Gasteiger partial charge in [-0.15, -0.1) is 5.10 Å². The number of aromatic carboxylic acids is 1. The van der Waals surface area contributed by atoms with Crippen molar-refractivity contribution in [3.05, 3.63) is 40.7 Å². The van der Waals surface area contributed by atoms with E-state index in [4.69, 9.17) is 16.7 Å². The van der Waals surface area contributed by atoms with Crippen LogP contribution in [0.1, 0.15) is 29.5 Å². The van der Waals surface area contributed by atoms with Crippen molar-refractivity contribution in [1.82, 2.24) is 15.0 Å². The number of carboxylic acids is 1. The highest BCUT2D eigenvalue weighted by atomic mass is 35.5. The van der Waals surface area contributed by atoms with Crippen molar-refractivity contribution in [2.45, 2.75) is 19.8 Å². The van der Waals surface area contributed by atoms with E-state index in [1.165, 1.54) is 4.68 Å². The maximum atomic E-state index is 11.1. The van der Waals surface area contributed by atoms with Crippen LogP contribution in [0.5, 0.6) is 0 Å². The molecule has 1 heterocycles. The first-order valence-corrected chi connectivity index (χ1v) is 5.95. The van der Waals surface area contributed by atoms with Crippen LogP contribution in [0.25, 0.3) is 5.69 Å². The molecule has 2 aromatic rings. The molecule has 0 spiro atoms. The maximum absolute atomic E-state index is 11.1. The molecule has 1 aromatic heterocycles. The van der Waals surface area contributed by atoms with Crippen LogP contribution in [-0.2, 0) is 6.42 Å². The zero-order chi connectivity index (χ0) is 13.1. The van der Waals surface area contributed by atoms with Crippen LogP contribution in [0.4, 0.5) is 0 Å². The lowest BCUT2D eigenvalue weighted by molar-refractivity contribution is 0.0689. The van der Waals surface area contributed by atoms with Gasteiger partial charge in [-0.05, 0) is 18.6 Å². The maximum Gasteiger partial charge on any atom is 0.358 e. The van der Waals surface area contributed by atoms with E-state index in [0.717, 1.165) is 6.42 Å². The Labute approximate surface area is 109 Å². The molecule has 0 aliphatic heterocycles. The second kappa shape index (κ2) is 5.18. The number of carbonyl (C=O) groups is 1. The summed E-state index contributed by atoms with van der Waals surface area (Å²) >= 11 is 6.08. The van der Waals surface area contributed by atoms with E-state index in [9.17, 15) is 4.79 Å². The summed E-state index contributed by atoms with van der Waals surface area (Å²) in [5.41, 5.74) is 1.19. The third-order valence-corrected chi connectivity index (χ3v) is 2.85. The molecule has 0 amide bonds. The Morgan fingerprint density at radius 1 is 1.44 bits per heavy atom. The number of rotatable bonds is 4. The first kappa shape index (κ1) is 12.6. The Hall–Kier alpha value is -1.88. The van der Waals surface area contributed by atoms with Gasteiger partial charge < -0.3 is 5.11 Å². The molecule has 0 saturated heterocycles. The minimum atomic E-state index is -1.07.